The molecule has 3 aromatic rings. The molecule has 9 nitrogen and oxygen atoms in total. The zero-order valence-corrected chi connectivity index (χ0v) is 18.8. The molecule has 2 aromatic carbocycles. The zero-order valence-electron chi connectivity index (χ0n) is 17.3. The molecule has 11 heteroatoms. The summed E-state index contributed by atoms with van der Waals surface area (Å²) in [5, 5.41) is 10.3. The highest BCUT2D eigenvalue weighted by atomic mass is 35.5. The summed E-state index contributed by atoms with van der Waals surface area (Å²) >= 11 is 11.3. The number of carboxylic acid groups (broad SMARTS) is 1. The standard InChI is InChI=1S/C23H15Cl2N3O6/c24-18(19(25)23(31)32)21(29)26-13-2-3-14-15(9-13)27-20-12(5-6-28(20)22(14)30)7-11-1-4-16-17(8-11)34-10-33-16/h1-4,7-9H,5-6,10H2,(H,26,29)(H,31,32)/b12-7-,19-18-. The lowest BCUT2D eigenvalue weighted by Crippen LogP contribution is -2.21. The topological polar surface area (TPSA) is 120 Å². The lowest BCUT2D eigenvalue weighted by molar-refractivity contribution is -0.132. The first-order chi connectivity index (χ1) is 16.3. The van der Waals surface area contributed by atoms with Crippen LogP contribution in [0.1, 0.15) is 17.8 Å². The predicted molar refractivity (Wildman–Crippen MR) is 126 cm³/mol. The Morgan fingerprint density at radius 1 is 1.09 bits per heavy atom. The highest BCUT2D eigenvalue weighted by Gasteiger charge is 2.22. The van der Waals surface area contributed by atoms with Gasteiger partial charge in [-0.2, -0.15) is 0 Å². The van der Waals surface area contributed by atoms with Crippen molar-refractivity contribution in [2.45, 2.75) is 13.0 Å². The Morgan fingerprint density at radius 3 is 2.68 bits per heavy atom. The van der Waals surface area contributed by atoms with Gasteiger partial charge in [-0.05, 0) is 54.0 Å². The van der Waals surface area contributed by atoms with E-state index in [1.807, 2.05) is 24.3 Å². The van der Waals surface area contributed by atoms with E-state index in [4.69, 9.17) is 37.8 Å². The number of carboxylic acids is 1. The minimum Gasteiger partial charge on any atom is -0.477 e. The Labute approximate surface area is 201 Å². The van der Waals surface area contributed by atoms with Crippen LogP contribution in [-0.2, 0) is 16.1 Å². The summed E-state index contributed by atoms with van der Waals surface area (Å²) in [5.74, 6) is -0.539. The number of carbonyl (C=O) groups excluding carboxylic acids is 1. The molecule has 0 bridgehead atoms. The van der Waals surface area contributed by atoms with Gasteiger partial charge in [0.1, 0.15) is 15.9 Å². The lowest BCUT2D eigenvalue weighted by Gasteiger charge is -2.09. The summed E-state index contributed by atoms with van der Waals surface area (Å²) < 4.78 is 12.4. The maximum atomic E-state index is 13.0. The van der Waals surface area contributed by atoms with Crippen LogP contribution in [0.5, 0.6) is 11.5 Å². The molecule has 0 fully saturated rings. The summed E-state index contributed by atoms with van der Waals surface area (Å²) in [4.78, 5) is 40.8. The van der Waals surface area contributed by atoms with Crippen molar-refractivity contribution in [3.05, 3.63) is 68.2 Å². The number of amides is 1. The zero-order chi connectivity index (χ0) is 24.0. The van der Waals surface area contributed by atoms with Crippen molar-refractivity contribution in [1.82, 2.24) is 9.55 Å². The van der Waals surface area contributed by atoms with Crippen LogP contribution in [0.3, 0.4) is 0 Å². The van der Waals surface area contributed by atoms with Crippen molar-refractivity contribution < 1.29 is 24.2 Å². The molecular weight excluding hydrogens is 485 g/mol. The van der Waals surface area contributed by atoms with E-state index in [-0.39, 0.29) is 18.0 Å². The SMILES string of the molecule is O=C(O)/C(Cl)=C(/Cl)C(=O)Nc1ccc2c(=O)n3c(nc2c1)/C(=C\c1ccc2c(c1)OCO2)CC3. The highest BCUT2D eigenvalue weighted by molar-refractivity contribution is 6.54. The van der Waals surface area contributed by atoms with Crippen LogP contribution in [0.4, 0.5) is 5.69 Å². The van der Waals surface area contributed by atoms with Gasteiger partial charge in [-0.3, -0.25) is 14.2 Å². The third-order valence-electron chi connectivity index (χ3n) is 5.42. The molecule has 2 N–H and O–H groups in total. The van der Waals surface area contributed by atoms with E-state index in [1.165, 1.54) is 12.1 Å². The van der Waals surface area contributed by atoms with E-state index >= 15 is 0 Å². The molecule has 3 heterocycles. The van der Waals surface area contributed by atoms with Gasteiger partial charge in [-0.1, -0.05) is 29.3 Å². The Kier molecular flexibility index (Phi) is 5.51. The Balaban J connectivity index is 1.50. The van der Waals surface area contributed by atoms with E-state index in [1.54, 1.807) is 10.6 Å². The van der Waals surface area contributed by atoms with Crippen molar-refractivity contribution >= 4 is 63.3 Å². The van der Waals surface area contributed by atoms with Gasteiger partial charge in [0.15, 0.2) is 11.5 Å². The number of carbonyl (C=O) groups is 2. The van der Waals surface area contributed by atoms with Gasteiger partial charge in [-0.25, -0.2) is 9.78 Å². The van der Waals surface area contributed by atoms with Crippen LogP contribution in [-0.4, -0.2) is 33.3 Å². The number of nitrogens with one attached hydrogen (secondary N) is 1. The highest BCUT2D eigenvalue weighted by Crippen LogP contribution is 2.35. The van der Waals surface area contributed by atoms with E-state index < -0.39 is 21.9 Å². The Bertz CT molecular complexity index is 1510. The molecule has 0 radical (unpaired) electrons. The second kappa shape index (κ2) is 8.51. The van der Waals surface area contributed by atoms with Crippen molar-refractivity contribution in [2.75, 3.05) is 12.1 Å². The number of benzene rings is 2. The van der Waals surface area contributed by atoms with Gasteiger partial charge < -0.3 is 19.9 Å². The minimum absolute atomic E-state index is 0.184. The maximum absolute atomic E-state index is 13.0. The Morgan fingerprint density at radius 2 is 1.88 bits per heavy atom. The Hall–Kier alpha value is -3.82. The molecule has 34 heavy (non-hydrogen) atoms. The third-order valence-corrected chi connectivity index (χ3v) is 6.23. The molecule has 0 saturated heterocycles. The van der Waals surface area contributed by atoms with Crippen LogP contribution in [0.2, 0.25) is 0 Å². The van der Waals surface area contributed by atoms with Gasteiger partial charge in [-0.15, -0.1) is 0 Å². The molecule has 0 aliphatic carbocycles. The first-order valence-corrected chi connectivity index (χ1v) is 10.8. The van der Waals surface area contributed by atoms with Crippen LogP contribution >= 0.6 is 23.2 Å². The van der Waals surface area contributed by atoms with Gasteiger partial charge in [0, 0.05) is 12.2 Å². The summed E-state index contributed by atoms with van der Waals surface area (Å²) in [6.45, 7) is 0.684. The van der Waals surface area contributed by atoms with Crippen molar-refractivity contribution in [2.24, 2.45) is 0 Å². The molecule has 172 valence electrons. The van der Waals surface area contributed by atoms with Gasteiger partial charge in [0.05, 0.1) is 10.9 Å². The van der Waals surface area contributed by atoms with Crippen molar-refractivity contribution in [3.63, 3.8) is 0 Å². The molecule has 0 unspecified atom stereocenters. The number of ether oxygens (including phenoxy) is 2. The molecule has 0 saturated carbocycles. The molecule has 0 atom stereocenters. The number of rotatable bonds is 4. The molecule has 5 rings (SSSR count). The number of hydrogen-bond acceptors (Lipinski definition) is 6. The maximum Gasteiger partial charge on any atom is 0.349 e. The summed E-state index contributed by atoms with van der Waals surface area (Å²) in [6, 6.07) is 10.2. The smallest absolute Gasteiger partial charge is 0.349 e. The largest absolute Gasteiger partial charge is 0.477 e. The fraction of sp³-hybridized carbons (Fsp3) is 0.130. The van der Waals surface area contributed by atoms with Crippen LogP contribution in [0.25, 0.3) is 22.6 Å². The summed E-state index contributed by atoms with van der Waals surface area (Å²) in [6.07, 6.45) is 2.58. The monoisotopic (exact) mass is 499 g/mol. The molecule has 2 aliphatic rings. The molecule has 1 aromatic heterocycles. The van der Waals surface area contributed by atoms with Crippen LogP contribution in [0.15, 0.2) is 51.3 Å². The van der Waals surface area contributed by atoms with Crippen molar-refractivity contribution in [1.29, 1.82) is 0 Å². The van der Waals surface area contributed by atoms with E-state index in [9.17, 15) is 14.4 Å². The fourth-order valence-corrected chi connectivity index (χ4v) is 4.03. The molecule has 0 spiro atoms. The normalized spacial score (nSPS) is 15.9. The summed E-state index contributed by atoms with van der Waals surface area (Å²) in [5.41, 5.74) is 2.23. The minimum atomic E-state index is -1.52. The first kappa shape index (κ1) is 22.0. The molecule has 2 aliphatic heterocycles. The number of hydrogen-bond donors (Lipinski definition) is 2. The number of halogens is 2. The molecular formula is C23H15Cl2N3O6. The number of nitrogens with zero attached hydrogens (tertiary/aromatic N) is 2. The fourth-order valence-electron chi connectivity index (χ4n) is 3.82. The van der Waals surface area contributed by atoms with Crippen molar-refractivity contribution in [3.8, 4) is 11.5 Å². The molecule has 1 amide bonds. The number of anilines is 1. The van der Waals surface area contributed by atoms with Gasteiger partial charge >= 0.3 is 5.97 Å². The summed E-state index contributed by atoms with van der Waals surface area (Å²) in [7, 11) is 0. The van der Waals surface area contributed by atoms with E-state index in [0.29, 0.717) is 41.2 Å². The third kappa shape index (κ3) is 3.89. The first-order valence-electron chi connectivity index (χ1n) is 10.1. The second-order valence-electron chi connectivity index (χ2n) is 7.54. The van der Waals surface area contributed by atoms with Gasteiger partial charge in [0.25, 0.3) is 11.5 Å². The lowest BCUT2D eigenvalue weighted by atomic mass is 10.1. The van der Waals surface area contributed by atoms with Crippen LogP contribution in [0, 0.1) is 0 Å². The van der Waals surface area contributed by atoms with E-state index in [2.05, 4.69) is 10.3 Å². The van der Waals surface area contributed by atoms with Crippen LogP contribution < -0.4 is 20.3 Å². The van der Waals surface area contributed by atoms with E-state index in [0.717, 1.165) is 11.1 Å². The second-order valence-corrected chi connectivity index (χ2v) is 8.30. The average molecular weight is 500 g/mol. The number of aromatic nitrogens is 2. The predicted octanol–water partition coefficient (Wildman–Crippen LogP) is 3.78. The number of allylic oxidation sites excluding steroid dienone is 1. The average Bonchev–Trinajstić information content (AvgIpc) is 3.45. The quantitative estimate of drug-likeness (QED) is 0.524. The number of aliphatic carboxylic acids is 1. The van der Waals surface area contributed by atoms with Gasteiger partial charge in [0.2, 0.25) is 6.79 Å². The number of fused-ring (bicyclic) bond motifs is 3.